The number of hydrogen-bond donors (Lipinski definition) is 1. The van der Waals surface area contributed by atoms with Crippen molar-refractivity contribution in [2.75, 3.05) is 12.0 Å². The molecule has 1 N–H and O–H groups in total. The summed E-state index contributed by atoms with van der Waals surface area (Å²) in [5, 5.41) is 11.2. The van der Waals surface area contributed by atoms with Gasteiger partial charge in [-0.3, -0.25) is 14.5 Å². The highest BCUT2D eigenvalue weighted by molar-refractivity contribution is 6.51. The van der Waals surface area contributed by atoms with Gasteiger partial charge < -0.3 is 9.84 Å². The molecule has 162 valence electrons. The van der Waals surface area contributed by atoms with Crippen molar-refractivity contribution in [3.05, 3.63) is 95.2 Å². The van der Waals surface area contributed by atoms with Crippen molar-refractivity contribution in [2.24, 2.45) is 0 Å². The zero-order valence-electron chi connectivity index (χ0n) is 18.1. The highest BCUT2D eigenvalue weighted by Crippen LogP contribution is 2.42. The molecule has 1 fully saturated rings. The van der Waals surface area contributed by atoms with E-state index in [4.69, 9.17) is 4.74 Å². The molecule has 0 saturated carbocycles. The number of aliphatic hydroxyl groups is 1. The quantitative estimate of drug-likeness (QED) is 0.357. The molecular formula is C26H24N2O4. The van der Waals surface area contributed by atoms with E-state index in [0.717, 1.165) is 5.56 Å². The number of carbonyl (C=O) groups excluding carboxylic acids is 2. The molecular weight excluding hydrogens is 404 g/mol. The molecule has 6 nitrogen and oxygen atoms in total. The smallest absolute Gasteiger partial charge is 0.301 e. The van der Waals surface area contributed by atoms with Gasteiger partial charge in [0.15, 0.2) is 0 Å². The maximum atomic E-state index is 13.1. The predicted octanol–water partition coefficient (Wildman–Crippen LogP) is 4.84. The molecule has 4 rings (SSSR count). The Labute approximate surface area is 186 Å². The van der Waals surface area contributed by atoms with E-state index in [1.807, 2.05) is 24.3 Å². The third-order valence-corrected chi connectivity index (χ3v) is 5.60. The van der Waals surface area contributed by atoms with Crippen LogP contribution in [0.1, 0.15) is 42.5 Å². The van der Waals surface area contributed by atoms with Crippen molar-refractivity contribution < 1.29 is 19.4 Å². The first-order chi connectivity index (χ1) is 15.4. The monoisotopic (exact) mass is 428 g/mol. The Bertz CT molecular complexity index is 1180. The van der Waals surface area contributed by atoms with Crippen LogP contribution in [0.2, 0.25) is 0 Å². The van der Waals surface area contributed by atoms with Crippen molar-refractivity contribution in [1.82, 2.24) is 4.98 Å². The van der Waals surface area contributed by atoms with Crippen molar-refractivity contribution in [1.29, 1.82) is 0 Å². The number of Topliss-reactive ketones (excluding diaryl/α,β-unsaturated/α-hetero) is 1. The molecule has 1 aliphatic heterocycles. The van der Waals surface area contributed by atoms with Gasteiger partial charge >= 0.3 is 5.91 Å². The molecule has 1 aliphatic rings. The minimum atomic E-state index is -0.808. The number of aliphatic hydroxyl groups excluding tert-OH is 1. The van der Waals surface area contributed by atoms with E-state index in [1.54, 1.807) is 48.7 Å². The standard InChI is InChI=1S/C26H24N2O4/c1-16(2)17-10-12-18(13-11-17)23-22(24(29)19-7-6-8-20(15-19)32-3)25(30)26(31)28(23)21-9-4-5-14-27-21/h4-16,23,29H,1-3H3/b24-22+/t23-/m1/s1. The minimum Gasteiger partial charge on any atom is -0.507 e. The first-order valence-corrected chi connectivity index (χ1v) is 10.4. The van der Waals surface area contributed by atoms with Crippen molar-refractivity contribution in [3.8, 4) is 5.75 Å². The molecule has 1 aromatic heterocycles. The highest BCUT2D eigenvalue weighted by atomic mass is 16.5. The van der Waals surface area contributed by atoms with Crippen LogP contribution < -0.4 is 9.64 Å². The average molecular weight is 428 g/mol. The van der Waals surface area contributed by atoms with Gasteiger partial charge in [0.2, 0.25) is 0 Å². The number of amides is 1. The number of ketones is 1. The molecule has 1 saturated heterocycles. The van der Waals surface area contributed by atoms with Gasteiger partial charge in [0.05, 0.1) is 18.7 Å². The van der Waals surface area contributed by atoms with E-state index in [1.165, 1.54) is 12.0 Å². The zero-order chi connectivity index (χ0) is 22.8. The summed E-state index contributed by atoms with van der Waals surface area (Å²) in [5.41, 5.74) is 2.26. The Balaban J connectivity index is 1.92. The van der Waals surface area contributed by atoms with Crippen LogP contribution in [0.25, 0.3) is 5.76 Å². The largest absolute Gasteiger partial charge is 0.507 e. The number of carbonyl (C=O) groups is 2. The Morgan fingerprint density at radius 2 is 1.78 bits per heavy atom. The van der Waals surface area contributed by atoms with Gasteiger partial charge in [-0.2, -0.15) is 0 Å². The van der Waals surface area contributed by atoms with Crippen LogP contribution in [-0.2, 0) is 9.59 Å². The second kappa shape index (κ2) is 8.67. The van der Waals surface area contributed by atoms with Gasteiger partial charge in [-0.25, -0.2) is 4.98 Å². The third-order valence-electron chi connectivity index (χ3n) is 5.60. The summed E-state index contributed by atoms with van der Waals surface area (Å²) < 4.78 is 5.25. The third kappa shape index (κ3) is 3.75. The van der Waals surface area contributed by atoms with Crippen molar-refractivity contribution >= 4 is 23.3 Å². The molecule has 2 heterocycles. The lowest BCUT2D eigenvalue weighted by atomic mass is 9.93. The fraction of sp³-hybridized carbons (Fsp3) is 0.192. The zero-order valence-corrected chi connectivity index (χ0v) is 18.1. The number of methoxy groups -OCH3 is 1. The Hall–Kier alpha value is -3.93. The topological polar surface area (TPSA) is 79.7 Å². The first kappa shape index (κ1) is 21.3. The van der Waals surface area contributed by atoms with Gasteiger partial charge in [0.1, 0.15) is 17.3 Å². The van der Waals surface area contributed by atoms with Crippen LogP contribution in [0, 0.1) is 0 Å². The summed E-state index contributed by atoms with van der Waals surface area (Å²) in [5.74, 6) is -0.523. The van der Waals surface area contributed by atoms with E-state index in [9.17, 15) is 14.7 Å². The molecule has 2 aromatic carbocycles. The predicted molar refractivity (Wildman–Crippen MR) is 123 cm³/mol. The van der Waals surface area contributed by atoms with E-state index in [2.05, 4.69) is 18.8 Å². The molecule has 0 unspecified atom stereocenters. The number of aromatic nitrogens is 1. The number of rotatable bonds is 5. The van der Waals surface area contributed by atoms with Crippen LogP contribution >= 0.6 is 0 Å². The minimum absolute atomic E-state index is 0.0196. The van der Waals surface area contributed by atoms with Gasteiger partial charge in [0.25, 0.3) is 5.78 Å². The summed E-state index contributed by atoms with van der Waals surface area (Å²) in [6.45, 7) is 4.19. The molecule has 1 atom stereocenters. The molecule has 0 radical (unpaired) electrons. The molecule has 6 heteroatoms. The maximum absolute atomic E-state index is 13.1. The second-order valence-corrected chi connectivity index (χ2v) is 7.91. The number of pyridine rings is 1. The van der Waals surface area contributed by atoms with Crippen LogP contribution in [0.3, 0.4) is 0 Å². The number of hydrogen-bond acceptors (Lipinski definition) is 5. The Morgan fingerprint density at radius 1 is 1.03 bits per heavy atom. The lowest BCUT2D eigenvalue weighted by molar-refractivity contribution is -0.132. The van der Waals surface area contributed by atoms with Gasteiger partial charge in [-0.05, 0) is 41.3 Å². The Kier molecular flexibility index (Phi) is 5.77. The van der Waals surface area contributed by atoms with Crippen LogP contribution in [0.4, 0.5) is 5.82 Å². The van der Waals surface area contributed by atoms with Crippen LogP contribution in [-0.4, -0.2) is 28.9 Å². The summed E-state index contributed by atoms with van der Waals surface area (Å²) in [6.07, 6.45) is 1.57. The van der Waals surface area contributed by atoms with Crippen molar-refractivity contribution in [3.63, 3.8) is 0 Å². The molecule has 0 spiro atoms. The lowest BCUT2D eigenvalue weighted by Crippen LogP contribution is -2.30. The van der Waals surface area contributed by atoms with E-state index >= 15 is 0 Å². The van der Waals surface area contributed by atoms with Gasteiger partial charge in [-0.1, -0.05) is 56.3 Å². The summed E-state index contributed by atoms with van der Waals surface area (Å²) >= 11 is 0. The average Bonchev–Trinajstić information content (AvgIpc) is 3.09. The summed E-state index contributed by atoms with van der Waals surface area (Å²) in [6, 6.07) is 18.8. The number of ether oxygens (including phenoxy) is 1. The molecule has 1 amide bonds. The fourth-order valence-corrected chi connectivity index (χ4v) is 3.87. The SMILES string of the molecule is COc1cccc(/C(O)=C2\C(=O)C(=O)N(c3ccccn3)[C@@H]2c2ccc(C(C)C)cc2)c1. The Morgan fingerprint density at radius 3 is 2.41 bits per heavy atom. The second-order valence-electron chi connectivity index (χ2n) is 7.91. The number of benzene rings is 2. The van der Waals surface area contributed by atoms with Crippen LogP contribution in [0.15, 0.2) is 78.5 Å². The molecule has 3 aromatic rings. The van der Waals surface area contributed by atoms with Gasteiger partial charge in [-0.15, -0.1) is 0 Å². The fourth-order valence-electron chi connectivity index (χ4n) is 3.87. The molecule has 32 heavy (non-hydrogen) atoms. The van der Waals surface area contributed by atoms with E-state index < -0.39 is 17.7 Å². The van der Waals surface area contributed by atoms with Crippen molar-refractivity contribution in [2.45, 2.75) is 25.8 Å². The van der Waals surface area contributed by atoms with Crippen LogP contribution in [0.5, 0.6) is 5.75 Å². The lowest BCUT2D eigenvalue weighted by Gasteiger charge is -2.24. The number of nitrogens with zero attached hydrogens (tertiary/aromatic N) is 2. The first-order valence-electron chi connectivity index (χ1n) is 10.4. The highest BCUT2D eigenvalue weighted by Gasteiger charge is 2.47. The molecule has 0 bridgehead atoms. The van der Waals surface area contributed by atoms with E-state index in [-0.39, 0.29) is 11.3 Å². The molecule has 0 aliphatic carbocycles. The van der Waals surface area contributed by atoms with E-state index in [0.29, 0.717) is 28.6 Å². The maximum Gasteiger partial charge on any atom is 0.301 e. The number of anilines is 1. The van der Waals surface area contributed by atoms with Gasteiger partial charge in [0, 0.05) is 11.8 Å². The normalized spacial score (nSPS) is 17.8. The summed E-state index contributed by atoms with van der Waals surface area (Å²) in [4.78, 5) is 31.9. The summed E-state index contributed by atoms with van der Waals surface area (Å²) in [7, 11) is 1.52.